The highest BCUT2D eigenvalue weighted by Gasteiger charge is 2.25. The highest BCUT2D eigenvalue weighted by atomic mass is 16.5. The second-order valence-corrected chi connectivity index (χ2v) is 7.66. The predicted molar refractivity (Wildman–Crippen MR) is 115 cm³/mol. The van der Waals surface area contributed by atoms with Crippen molar-refractivity contribution in [2.45, 2.75) is 25.9 Å². The molecule has 0 aromatic heterocycles. The molecule has 1 atom stereocenters. The molecule has 0 heterocycles. The van der Waals surface area contributed by atoms with Gasteiger partial charge in [0.1, 0.15) is 6.61 Å². The van der Waals surface area contributed by atoms with Crippen LogP contribution in [0.3, 0.4) is 0 Å². The van der Waals surface area contributed by atoms with Crippen LogP contribution in [0.4, 0.5) is 0 Å². The molecular weight excluding hydrogens is 364 g/mol. The van der Waals surface area contributed by atoms with E-state index in [1.807, 2.05) is 74.8 Å². The maximum absolute atomic E-state index is 12.8. The lowest BCUT2D eigenvalue weighted by Gasteiger charge is -2.22. The zero-order valence-electron chi connectivity index (χ0n) is 17.7. The number of carbonyl (C=O) groups is 2. The number of benzene rings is 2. The summed E-state index contributed by atoms with van der Waals surface area (Å²) in [4.78, 5) is 29.3. The summed E-state index contributed by atoms with van der Waals surface area (Å²) in [6.07, 6.45) is 1.55. The van der Waals surface area contributed by atoms with Crippen LogP contribution in [0.1, 0.15) is 24.0 Å². The molecule has 2 aromatic carbocycles. The van der Waals surface area contributed by atoms with Crippen molar-refractivity contribution in [1.29, 1.82) is 0 Å². The number of ether oxygens (including phenoxy) is 1. The lowest BCUT2D eigenvalue weighted by atomic mass is 9.95. The van der Waals surface area contributed by atoms with Gasteiger partial charge in [0, 0.05) is 20.0 Å². The van der Waals surface area contributed by atoms with Crippen LogP contribution >= 0.6 is 0 Å². The Morgan fingerprint density at radius 2 is 1.45 bits per heavy atom. The summed E-state index contributed by atoms with van der Waals surface area (Å²) in [5, 5.41) is 0. The fraction of sp³-hybridized carbons (Fsp3) is 0.417. The molecule has 5 nitrogen and oxygen atoms in total. The Hall–Kier alpha value is -2.66. The molecule has 1 amide bonds. The van der Waals surface area contributed by atoms with Crippen molar-refractivity contribution in [2.75, 3.05) is 34.2 Å². The monoisotopic (exact) mass is 396 g/mol. The third kappa shape index (κ3) is 8.48. The largest absolute Gasteiger partial charge is 0.461 e. The van der Waals surface area contributed by atoms with Crippen LogP contribution in [-0.4, -0.2) is 55.9 Å². The molecule has 5 heteroatoms. The molecule has 0 aliphatic heterocycles. The van der Waals surface area contributed by atoms with Crippen molar-refractivity contribution in [3.63, 3.8) is 0 Å². The number of carbonyl (C=O) groups excluding carboxylic acids is 2. The first-order chi connectivity index (χ1) is 14.0. The van der Waals surface area contributed by atoms with Gasteiger partial charge in [0.25, 0.3) is 0 Å². The van der Waals surface area contributed by atoms with E-state index in [0.717, 1.165) is 24.1 Å². The first-order valence-electron chi connectivity index (χ1n) is 10.1. The number of nitrogens with zero attached hydrogens (tertiary/aromatic N) is 2. The number of amides is 1. The molecule has 156 valence electrons. The van der Waals surface area contributed by atoms with Crippen molar-refractivity contribution in [1.82, 2.24) is 9.80 Å². The fourth-order valence-corrected chi connectivity index (χ4v) is 3.10. The minimum absolute atomic E-state index is 0.0265. The number of rotatable bonds is 11. The third-order valence-electron chi connectivity index (χ3n) is 4.83. The van der Waals surface area contributed by atoms with Gasteiger partial charge in [-0.3, -0.25) is 9.59 Å². The molecular formula is C24H32N2O3. The number of hydrogen-bond donors (Lipinski definition) is 0. The molecule has 0 spiro atoms. The first kappa shape index (κ1) is 22.6. The summed E-state index contributed by atoms with van der Waals surface area (Å²) < 4.78 is 5.54. The molecule has 0 unspecified atom stereocenters. The Kier molecular flexibility index (Phi) is 9.38. The van der Waals surface area contributed by atoms with Gasteiger partial charge in [0.05, 0.1) is 5.92 Å². The van der Waals surface area contributed by atoms with Crippen LogP contribution in [0.25, 0.3) is 0 Å². The second kappa shape index (κ2) is 12.0. The minimum atomic E-state index is -0.495. The maximum Gasteiger partial charge on any atom is 0.310 e. The smallest absolute Gasteiger partial charge is 0.310 e. The summed E-state index contributed by atoms with van der Waals surface area (Å²) in [6.45, 7) is 1.82. The normalized spacial score (nSPS) is 11.9. The van der Waals surface area contributed by atoms with Gasteiger partial charge in [-0.25, -0.2) is 0 Å². The molecule has 0 saturated heterocycles. The maximum atomic E-state index is 12.8. The molecule has 0 bridgehead atoms. The molecule has 0 radical (unpaired) electrons. The van der Waals surface area contributed by atoms with E-state index < -0.39 is 5.92 Å². The first-order valence-corrected chi connectivity index (χ1v) is 10.1. The van der Waals surface area contributed by atoms with Gasteiger partial charge in [-0.15, -0.1) is 0 Å². The van der Waals surface area contributed by atoms with Crippen molar-refractivity contribution >= 4 is 11.9 Å². The Morgan fingerprint density at radius 1 is 0.862 bits per heavy atom. The highest BCUT2D eigenvalue weighted by Crippen LogP contribution is 2.17. The van der Waals surface area contributed by atoms with E-state index >= 15 is 0 Å². The SMILES string of the molecule is CN(C)CCCN(C)C(=O)C[C@@H](Cc1ccccc1)C(=O)OCc1ccccc1. The van der Waals surface area contributed by atoms with E-state index in [4.69, 9.17) is 4.74 Å². The topological polar surface area (TPSA) is 49.9 Å². The molecule has 2 rings (SSSR count). The average Bonchev–Trinajstić information content (AvgIpc) is 2.72. The van der Waals surface area contributed by atoms with Gasteiger partial charge in [0.15, 0.2) is 0 Å². The van der Waals surface area contributed by atoms with Crippen molar-refractivity contribution < 1.29 is 14.3 Å². The summed E-state index contributed by atoms with van der Waals surface area (Å²) in [5.74, 6) is -0.848. The van der Waals surface area contributed by atoms with Crippen LogP contribution in [0, 0.1) is 5.92 Å². The van der Waals surface area contributed by atoms with Crippen LogP contribution in [0.15, 0.2) is 60.7 Å². The van der Waals surface area contributed by atoms with Gasteiger partial charge >= 0.3 is 5.97 Å². The molecule has 29 heavy (non-hydrogen) atoms. The number of esters is 1. The minimum Gasteiger partial charge on any atom is -0.461 e. The van der Waals surface area contributed by atoms with Gasteiger partial charge in [-0.2, -0.15) is 0 Å². The van der Waals surface area contributed by atoms with Crippen molar-refractivity contribution in [3.8, 4) is 0 Å². The Balaban J connectivity index is 1.98. The quantitative estimate of drug-likeness (QED) is 0.547. The second-order valence-electron chi connectivity index (χ2n) is 7.66. The molecule has 0 aliphatic carbocycles. The van der Waals surface area contributed by atoms with Gasteiger partial charge in [-0.1, -0.05) is 60.7 Å². The van der Waals surface area contributed by atoms with Crippen molar-refractivity contribution in [2.24, 2.45) is 5.92 Å². The lowest BCUT2D eigenvalue weighted by molar-refractivity contribution is -0.152. The molecule has 2 aromatic rings. The van der Waals surface area contributed by atoms with Crippen LogP contribution in [-0.2, 0) is 27.4 Å². The molecule has 0 aliphatic rings. The summed E-state index contributed by atoms with van der Waals surface area (Å²) in [5.41, 5.74) is 1.96. The van der Waals surface area contributed by atoms with Gasteiger partial charge < -0.3 is 14.5 Å². The van der Waals surface area contributed by atoms with E-state index in [9.17, 15) is 9.59 Å². The van der Waals surface area contributed by atoms with Crippen molar-refractivity contribution in [3.05, 3.63) is 71.8 Å². The van der Waals surface area contributed by atoms with Crippen LogP contribution in [0.2, 0.25) is 0 Å². The Bertz CT molecular complexity index is 747. The number of hydrogen-bond acceptors (Lipinski definition) is 4. The standard InChI is InChI=1S/C24H32N2O3/c1-25(2)15-10-16-26(3)23(27)18-22(17-20-11-6-4-7-12-20)24(28)29-19-21-13-8-5-9-14-21/h4-9,11-14,22H,10,15-19H2,1-3H3/t22-/m1/s1. The zero-order valence-corrected chi connectivity index (χ0v) is 17.7. The van der Waals surface area contributed by atoms with E-state index in [1.165, 1.54) is 0 Å². The fourth-order valence-electron chi connectivity index (χ4n) is 3.10. The molecule has 0 saturated carbocycles. The van der Waals surface area contributed by atoms with E-state index in [2.05, 4.69) is 4.90 Å². The summed E-state index contributed by atoms with van der Waals surface area (Å²) in [6, 6.07) is 19.4. The van der Waals surface area contributed by atoms with E-state index in [0.29, 0.717) is 13.0 Å². The average molecular weight is 397 g/mol. The lowest BCUT2D eigenvalue weighted by Crippen LogP contribution is -2.33. The van der Waals surface area contributed by atoms with Crippen LogP contribution < -0.4 is 0 Å². The Labute approximate surface area is 174 Å². The molecule has 0 N–H and O–H groups in total. The van der Waals surface area contributed by atoms with Gasteiger partial charge in [-0.05, 0) is 44.6 Å². The van der Waals surface area contributed by atoms with Gasteiger partial charge in [0.2, 0.25) is 5.91 Å². The zero-order chi connectivity index (χ0) is 21.1. The van der Waals surface area contributed by atoms with E-state index in [-0.39, 0.29) is 24.9 Å². The van der Waals surface area contributed by atoms with E-state index in [1.54, 1.807) is 11.9 Å². The highest BCUT2D eigenvalue weighted by molar-refractivity contribution is 5.83. The molecule has 0 fully saturated rings. The predicted octanol–water partition coefficient (Wildman–Crippen LogP) is 3.39. The van der Waals surface area contributed by atoms with Crippen LogP contribution in [0.5, 0.6) is 0 Å². The Morgan fingerprint density at radius 3 is 2.03 bits per heavy atom. The third-order valence-corrected chi connectivity index (χ3v) is 4.83. The summed E-state index contributed by atoms with van der Waals surface area (Å²) in [7, 11) is 5.83. The summed E-state index contributed by atoms with van der Waals surface area (Å²) >= 11 is 0.